The van der Waals surface area contributed by atoms with Gasteiger partial charge in [-0.1, -0.05) is 12.1 Å². The lowest BCUT2D eigenvalue weighted by Crippen LogP contribution is -2.21. The van der Waals surface area contributed by atoms with Crippen LogP contribution in [0.1, 0.15) is 11.7 Å². The second-order valence-electron chi connectivity index (χ2n) is 5.19. The van der Waals surface area contributed by atoms with E-state index in [-0.39, 0.29) is 6.61 Å². The number of amides is 3. The van der Waals surface area contributed by atoms with Crippen LogP contribution in [0.5, 0.6) is 5.75 Å². The number of benzene rings is 2. The average molecular weight is 344 g/mol. The Bertz CT molecular complexity index is 805. The number of imide groups is 1. The van der Waals surface area contributed by atoms with Gasteiger partial charge in [-0.05, 0) is 36.4 Å². The van der Waals surface area contributed by atoms with E-state index in [4.69, 9.17) is 9.47 Å². The summed E-state index contributed by atoms with van der Waals surface area (Å²) in [5, 5.41) is 4.65. The zero-order valence-electron chi connectivity index (χ0n) is 12.8. The van der Waals surface area contributed by atoms with Gasteiger partial charge in [0.25, 0.3) is 11.8 Å². The molecule has 0 bridgehead atoms. The molecule has 0 saturated carbocycles. The summed E-state index contributed by atoms with van der Waals surface area (Å²) in [4.78, 5) is 34.4. The van der Waals surface area contributed by atoms with Gasteiger partial charge < -0.3 is 14.8 Å². The third kappa shape index (κ3) is 4.11. The standard InChI is InChI=1S/C17H13FN2O5/c18-11-3-7-13(8-4-11)24-9-14(21)19-12-5-1-10(2-6-12)15-16(22)20-17(23)25-15/h1-8,15H,9H2,(H,19,21)(H,20,22,23). The molecule has 1 unspecified atom stereocenters. The zero-order chi connectivity index (χ0) is 17.8. The lowest BCUT2D eigenvalue weighted by Gasteiger charge is -2.10. The molecule has 1 saturated heterocycles. The zero-order valence-corrected chi connectivity index (χ0v) is 12.8. The first-order chi connectivity index (χ1) is 12.0. The molecular weight excluding hydrogens is 331 g/mol. The van der Waals surface area contributed by atoms with Crippen LogP contribution in [0.25, 0.3) is 0 Å². The molecule has 3 rings (SSSR count). The van der Waals surface area contributed by atoms with Gasteiger partial charge in [-0.3, -0.25) is 14.9 Å². The van der Waals surface area contributed by atoms with E-state index in [9.17, 15) is 18.8 Å². The normalized spacial score (nSPS) is 16.1. The van der Waals surface area contributed by atoms with Crippen molar-refractivity contribution in [3.63, 3.8) is 0 Å². The summed E-state index contributed by atoms with van der Waals surface area (Å²) >= 11 is 0. The van der Waals surface area contributed by atoms with Crippen LogP contribution in [0, 0.1) is 5.82 Å². The highest BCUT2D eigenvalue weighted by atomic mass is 19.1. The van der Waals surface area contributed by atoms with Crippen LogP contribution in [-0.4, -0.2) is 24.5 Å². The van der Waals surface area contributed by atoms with E-state index in [1.165, 1.54) is 24.3 Å². The van der Waals surface area contributed by atoms with E-state index in [0.29, 0.717) is 17.0 Å². The fourth-order valence-corrected chi connectivity index (χ4v) is 2.19. The van der Waals surface area contributed by atoms with Crippen molar-refractivity contribution in [2.75, 3.05) is 11.9 Å². The first kappa shape index (κ1) is 16.4. The Morgan fingerprint density at radius 3 is 2.40 bits per heavy atom. The van der Waals surface area contributed by atoms with Crippen LogP contribution in [0.15, 0.2) is 48.5 Å². The minimum atomic E-state index is -0.987. The summed E-state index contributed by atoms with van der Waals surface area (Å²) in [5.74, 6) is -0.948. The minimum Gasteiger partial charge on any atom is -0.484 e. The van der Waals surface area contributed by atoms with Crippen molar-refractivity contribution in [3.05, 3.63) is 59.9 Å². The van der Waals surface area contributed by atoms with E-state index in [2.05, 4.69) is 5.32 Å². The molecule has 0 spiro atoms. The Morgan fingerprint density at radius 1 is 1.12 bits per heavy atom. The van der Waals surface area contributed by atoms with Crippen LogP contribution < -0.4 is 15.4 Å². The molecule has 1 aliphatic heterocycles. The molecule has 25 heavy (non-hydrogen) atoms. The molecule has 2 aromatic carbocycles. The molecule has 1 fully saturated rings. The van der Waals surface area contributed by atoms with Crippen molar-refractivity contribution in [1.29, 1.82) is 0 Å². The molecule has 0 radical (unpaired) electrons. The topological polar surface area (TPSA) is 93.7 Å². The van der Waals surface area contributed by atoms with Crippen molar-refractivity contribution >= 4 is 23.6 Å². The van der Waals surface area contributed by atoms with E-state index >= 15 is 0 Å². The summed E-state index contributed by atoms with van der Waals surface area (Å²) in [7, 11) is 0. The number of hydrogen-bond acceptors (Lipinski definition) is 5. The number of rotatable bonds is 5. The highest BCUT2D eigenvalue weighted by molar-refractivity contribution is 6.00. The van der Waals surface area contributed by atoms with Crippen molar-refractivity contribution in [2.45, 2.75) is 6.10 Å². The summed E-state index contributed by atoms with van der Waals surface area (Å²) in [6, 6.07) is 11.6. The Kier molecular flexibility index (Phi) is 4.60. The number of alkyl carbamates (subject to hydrolysis) is 1. The third-order valence-corrected chi connectivity index (χ3v) is 3.37. The van der Waals surface area contributed by atoms with E-state index in [1.54, 1.807) is 24.3 Å². The largest absolute Gasteiger partial charge is 0.484 e. The summed E-state index contributed by atoms with van der Waals surface area (Å²) in [5.41, 5.74) is 0.977. The highest BCUT2D eigenvalue weighted by Gasteiger charge is 2.33. The van der Waals surface area contributed by atoms with Gasteiger partial charge in [0.1, 0.15) is 11.6 Å². The van der Waals surface area contributed by atoms with Gasteiger partial charge in [-0.15, -0.1) is 0 Å². The number of cyclic esters (lactones) is 1. The quantitative estimate of drug-likeness (QED) is 0.867. The molecule has 3 amide bonds. The summed E-state index contributed by atoms with van der Waals surface area (Å²) in [6.45, 7) is -0.240. The fraction of sp³-hybridized carbons (Fsp3) is 0.118. The van der Waals surface area contributed by atoms with Gasteiger partial charge in [0.15, 0.2) is 6.61 Å². The predicted molar refractivity (Wildman–Crippen MR) is 84.3 cm³/mol. The molecule has 7 nitrogen and oxygen atoms in total. The van der Waals surface area contributed by atoms with Crippen LogP contribution in [-0.2, 0) is 14.3 Å². The maximum atomic E-state index is 12.8. The monoisotopic (exact) mass is 344 g/mol. The first-order valence-corrected chi connectivity index (χ1v) is 7.31. The fourth-order valence-electron chi connectivity index (χ4n) is 2.19. The van der Waals surface area contributed by atoms with Gasteiger partial charge in [0, 0.05) is 11.3 Å². The lowest BCUT2D eigenvalue weighted by atomic mass is 10.1. The molecule has 0 aliphatic carbocycles. The van der Waals surface area contributed by atoms with Crippen LogP contribution in [0.3, 0.4) is 0 Å². The Labute approximate surface area is 141 Å². The predicted octanol–water partition coefficient (Wildman–Crippen LogP) is 2.15. The minimum absolute atomic E-state index is 0.240. The molecule has 1 heterocycles. The molecule has 2 N–H and O–H groups in total. The second-order valence-corrected chi connectivity index (χ2v) is 5.19. The van der Waals surface area contributed by atoms with Crippen LogP contribution >= 0.6 is 0 Å². The number of ether oxygens (including phenoxy) is 2. The molecule has 2 aromatic rings. The van der Waals surface area contributed by atoms with Gasteiger partial charge >= 0.3 is 6.09 Å². The number of halogens is 1. The SMILES string of the molecule is O=C(COc1ccc(F)cc1)Nc1ccc(C2OC(=O)NC2=O)cc1. The maximum absolute atomic E-state index is 12.8. The smallest absolute Gasteiger partial charge is 0.415 e. The van der Waals surface area contributed by atoms with E-state index in [1.807, 2.05) is 5.32 Å². The van der Waals surface area contributed by atoms with Gasteiger partial charge in [-0.2, -0.15) is 0 Å². The van der Waals surface area contributed by atoms with Gasteiger partial charge in [0.05, 0.1) is 0 Å². The molecule has 128 valence electrons. The maximum Gasteiger partial charge on any atom is 0.415 e. The van der Waals surface area contributed by atoms with Crippen molar-refractivity contribution < 1.29 is 28.2 Å². The first-order valence-electron chi connectivity index (χ1n) is 7.31. The van der Waals surface area contributed by atoms with E-state index in [0.717, 1.165) is 0 Å². The number of carbonyl (C=O) groups is 3. The molecule has 1 aliphatic rings. The Balaban J connectivity index is 1.54. The van der Waals surface area contributed by atoms with E-state index < -0.39 is 29.8 Å². The highest BCUT2D eigenvalue weighted by Crippen LogP contribution is 2.23. The van der Waals surface area contributed by atoms with Crippen molar-refractivity contribution in [1.82, 2.24) is 5.32 Å². The third-order valence-electron chi connectivity index (χ3n) is 3.37. The second kappa shape index (κ2) is 7.00. The van der Waals surface area contributed by atoms with Crippen molar-refractivity contribution in [3.8, 4) is 5.75 Å². The number of hydrogen-bond donors (Lipinski definition) is 2. The summed E-state index contributed by atoms with van der Waals surface area (Å²) < 4.78 is 22.9. The van der Waals surface area contributed by atoms with Gasteiger partial charge in [0.2, 0.25) is 6.10 Å². The molecule has 1 atom stereocenters. The van der Waals surface area contributed by atoms with Crippen molar-refractivity contribution in [2.24, 2.45) is 0 Å². The Morgan fingerprint density at radius 2 is 1.80 bits per heavy atom. The molecule has 8 heteroatoms. The van der Waals surface area contributed by atoms with Gasteiger partial charge in [-0.25, -0.2) is 9.18 Å². The number of carbonyl (C=O) groups excluding carboxylic acids is 3. The average Bonchev–Trinajstić information content (AvgIpc) is 2.93. The number of nitrogens with one attached hydrogen (secondary N) is 2. The summed E-state index contributed by atoms with van der Waals surface area (Å²) in [6.07, 6.45) is -1.77. The molecular formula is C17H13FN2O5. The van der Waals surface area contributed by atoms with Crippen LogP contribution in [0.2, 0.25) is 0 Å². The molecule has 0 aromatic heterocycles. The number of anilines is 1. The Hall–Kier alpha value is -3.42. The van der Waals surface area contributed by atoms with Crippen LogP contribution in [0.4, 0.5) is 14.9 Å². The lowest BCUT2D eigenvalue weighted by molar-refractivity contribution is -0.123.